The number of hydrogen-bond donors (Lipinski definition) is 0. The first-order valence-corrected chi connectivity index (χ1v) is 5.53. The molecular formula is C9H11NO4S. The Hall–Kier alpha value is -1.17. The highest BCUT2D eigenvalue weighted by atomic mass is 32.2. The summed E-state index contributed by atoms with van der Waals surface area (Å²) in [6.07, 6.45) is 0.274. The number of likely N-dealkylation sites (tertiary alicyclic amines) is 1. The maximum absolute atomic E-state index is 11.4. The molecule has 0 N–H and O–H groups in total. The van der Waals surface area contributed by atoms with Gasteiger partial charge in [-0.25, -0.2) is 4.90 Å². The van der Waals surface area contributed by atoms with Crippen molar-refractivity contribution >= 4 is 34.6 Å². The Labute approximate surface area is 91.2 Å². The molecule has 0 atom stereocenters. The zero-order valence-corrected chi connectivity index (χ0v) is 9.13. The van der Waals surface area contributed by atoms with E-state index in [0.29, 0.717) is 10.7 Å². The molecule has 0 aromatic rings. The van der Waals surface area contributed by atoms with Crippen molar-refractivity contribution < 1.29 is 19.2 Å². The van der Waals surface area contributed by atoms with E-state index in [1.54, 1.807) is 0 Å². The third-order valence-corrected chi connectivity index (χ3v) is 2.74. The third kappa shape index (κ3) is 3.16. The number of carbonyl (C=O) groups excluding carboxylic acids is 4. The van der Waals surface area contributed by atoms with Gasteiger partial charge in [0.15, 0.2) is 5.12 Å². The average molecular weight is 229 g/mol. The van der Waals surface area contributed by atoms with Gasteiger partial charge >= 0.3 is 0 Å². The number of thioether (sulfide) groups is 1. The molecular weight excluding hydrogens is 218 g/mol. The zero-order chi connectivity index (χ0) is 11.4. The fraction of sp³-hybridized carbons (Fsp3) is 0.556. The van der Waals surface area contributed by atoms with Crippen LogP contribution in [0.3, 0.4) is 0 Å². The van der Waals surface area contributed by atoms with E-state index in [-0.39, 0.29) is 24.4 Å². The molecule has 0 aromatic carbocycles. The Kier molecular flexibility index (Phi) is 4.02. The molecule has 1 heterocycles. The monoisotopic (exact) mass is 229 g/mol. The first kappa shape index (κ1) is 11.9. The van der Waals surface area contributed by atoms with E-state index in [1.165, 1.54) is 6.92 Å². The van der Waals surface area contributed by atoms with E-state index in [9.17, 15) is 19.2 Å². The summed E-state index contributed by atoms with van der Waals surface area (Å²) in [5, 5.41) is -0.0816. The molecule has 15 heavy (non-hydrogen) atoms. The van der Waals surface area contributed by atoms with Gasteiger partial charge in [-0.2, -0.15) is 0 Å². The highest BCUT2D eigenvalue weighted by Crippen LogP contribution is 2.14. The molecule has 0 bridgehead atoms. The summed E-state index contributed by atoms with van der Waals surface area (Å²) in [6.45, 7) is 1.40. The molecule has 0 spiro atoms. The van der Waals surface area contributed by atoms with E-state index in [4.69, 9.17) is 0 Å². The van der Waals surface area contributed by atoms with E-state index in [0.717, 1.165) is 11.8 Å². The lowest BCUT2D eigenvalue weighted by atomic mass is 10.4. The van der Waals surface area contributed by atoms with Gasteiger partial charge in [-0.05, 0) is 0 Å². The Morgan fingerprint density at radius 3 is 2.27 bits per heavy atom. The van der Waals surface area contributed by atoms with Crippen molar-refractivity contribution in [3.05, 3.63) is 0 Å². The maximum Gasteiger partial charge on any atom is 0.236 e. The molecule has 0 radical (unpaired) electrons. The van der Waals surface area contributed by atoms with Gasteiger partial charge in [0.1, 0.15) is 0 Å². The van der Waals surface area contributed by atoms with Crippen LogP contribution in [0, 0.1) is 0 Å². The van der Waals surface area contributed by atoms with E-state index < -0.39 is 17.7 Å². The summed E-state index contributed by atoms with van der Waals surface area (Å²) in [6, 6.07) is 0. The molecule has 82 valence electrons. The Morgan fingerprint density at radius 2 is 1.80 bits per heavy atom. The van der Waals surface area contributed by atoms with Crippen molar-refractivity contribution in [1.29, 1.82) is 0 Å². The second kappa shape index (κ2) is 5.06. The molecule has 6 heteroatoms. The van der Waals surface area contributed by atoms with E-state index >= 15 is 0 Å². The molecule has 0 aliphatic carbocycles. The topological polar surface area (TPSA) is 71.5 Å². The molecule has 1 aliphatic heterocycles. The first-order valence-electron chi connectivity index (χ1n) is 4.54. The fourth-order valence-electron chi connectivity index (χ4n) is 1.25. The summed E-state index contributed by atoms with van der Waals surface area (Å²) in [7, 11) is 0. The van der Waals surface area contributed by atoms with Crippen molar-refractivity contribution in [3.8, 4) is 0 Å². The molecule has 0 unspecified atom stereocenters. The van der Waals surface area contributed by atoms with E-state index in [1.807, 2.05) is 0 Å². The highest BCUT2D eigenvalue weighted by molar-refractivity contribution is 8.13. The van der Waals surface area contributed by atoms with Crippen molar-refractivity contribution in [3.63, 3.8) is 0 Å². The minimum atomic E-state index is -0.503. The van der Waals surface area contributed by atoms with Crippen LogP contribution in [0.1, 0.15) is 26.2 Å². The van der Waals surface area contributed by atoms with Crippen LogP contribution in [0.2, 0.25) is 0 Å². The average Bonchev–Trinajstić information content (AvgIpc) is 2.45. The zero-order valence-electron chi connectivity index (χ0n) is 8.32. The minimum Gasteiger partial charge on any atom is -0.288 e. The largest absolute Gasteiger partial charge is 0.288 e. The van der Waals surface area contributed by atoms with Gasteiger partial charge in [-0.15, -0.1) is 0 Å². The molecule has 1 saturated heterocycles. The number of carbonyl (C=O) groups is 4. The summed E-state index contributed by atoms with van der Waals surface area (Å²) >= 11 is 1.01. The van der Waals surface area contributed by atoms with Gasteiger partial charge in [0.05, 0.1) is 0 Å². The number of nitrogens with zero attached hydrogens (tertiary/aromatic N) is 1. The number of amides is 3. The normalized spacial score (nSPS) is 15.9. The van der Waals surface area contributed by atoms with Crippen LogP contribution in [-0.2, 0) is 19.2 Å². The number of rotatable bonds is 3. The predicted molar refractivity (Wildman–Crippen MR) is 53.9 cm³/mol. The van der Waals surface area contributed by atoms with Gasteiger partial charge in [0, 0.05) is 31.9 Å². The van der Waals surface area contributed by atoms with Crippen LogP contribution in [0.25, 0.3) is 0 Å². The van der Waals surface area contributed by atoms with Crippen LogP contribution < -0.4 is 0 Å². The molecule has 1 fully saturated rings. The Morgan fingerprint density at radius 1 is 1.27 bits per heavy atom. The minimum absolute atomic E-state index is 0.0434. The van der Waals surface area contributed by atoms with Crippen LogP contribution >= 0.6 is 11.8 Å². The fourth-order valence-corrected chi connectivity index (χ4v) is 1.81. The highest BCUT2D eigenvalue weighted by Gasteiger charge is 2.33. The summed E-state index contributed by atoms with van der Waals surface area (Å²) in [5.74, 6) is -1.06. The smallest absolute Gasteiger partial charge is 0.236 e. The lowest BCUT2D eigenvalue weighted by Crippen LogP contribution is -2.35. The van der Waals surface area contributed by atoms with Gasteiger partial charge in [-0.1, -0.05) is 11.8 Å². The van der Waals surface area contributed by atoms with Gasteiger partial charge in [0.25, 0.3) is 0 Å². The number of imide groups is 3. The van der Waals surface area contributed by atoms with Crippen LogP contribution in [-0.4, -0.2) is 33.5 Å². The van der Waals surface area contributed by atoms with Crippen LogP contribution in [0.4, 0.5) is 0 Å². The second-order valence-electron chi connectivity index (χ2n) is 3.11. The summed E-state index contributed by atoms with van der Waals surface area (Å²) in [5.41, 5.74) is 0. The van der Waals surface area contributed by atoms with Gasteiger partial charge < -0.3 is 0 Å². The molecule has 3 amide bonds. The lowest BCUT2D eigenvalue weighted by Gasteiger charge is -2.10. The number of hydrogen-bond acceptors (Lipinski definition) is 5. The quantitative estimate of drug-likeness (QED) is 0.652. The summed E-state index contributed by atoms with van der Waals surface area (Å²) < 4.78 is 0. The first-order chi connectivity index (χ1) is 7.02. The van der Waals surface area contributed by atoms with Crippen molar-refractivity contribution in [2.45, 2.75) is 26.2 Å². The third-order valence-electron chi connectivity index (χ3n) is 1.92. The Bertz CT molecular complexity index is 310. The molecule has 1 aliphatic rings. The van der Waals surface area contributed by atoms with Crippen LogP contribution in [0.5, 0.6) is 0 Å². The Balaban J connectivity index is 2.43. The van der Waals surface area contributed by atoms with Crippen molar-refractivity contribution in [1.82, 2.24) is 4.90 Å². The predicted octanol–water partition coefficient (Wildman–Crippen LogP) is 0.332. The van der Waals surface area contributed by atoms with E-state index in [2.05, 4.69) is 0 Å². The van der Waals surface area contributed by atoms with Crippen molar-refractivity contribution in [2.75, 3.05) is 5.75 Å². The summed E-state index contributed by atoms with van der Waals surface area (Å²) in [4.78, 5) is 44.9. The molecule has 0 saturated carbocycles. The molecule has 5 nitrogen and oxygen atoms in total. The second-order valence-corrected chi connectivity index (χ2v) is 4.38. The molecule has 0 aromatic heterocycles. The maximum atomic E-state index is 11.4. The van der Waals surface area contributed by atoms with Gasteiger partial charge in [0.2, 0.25) is 17.7 Å². The van der Waals surface area contributed by atoms with Crippen molar-refractivity contribution in [2.24, 2.45) is 0 Å². The SMILES string of the molecule is CC(=O)SCCC(=O)N1C(=O)CCC1=O. The standard InChI is InChI=1S/C9H11NO4S/c1-6(11)15-5-4-9(14)10-7(12)2-3-8(10)13/h2-5H2,1H3. The van der Waals surface area contributed by atoms with Gasteiger partial charge in [-0.3, -0.25) is 19.2 Å². The molecule has 1 rings (SSSR count). The van der Waals surface area contributed by atoms with Crippen LogP contribution in [0.15, 0.2) is 0 Å². The lowest BCUT2D eigenvalue weighted by molar-refractivity contribution is -0.149.